The maximum Gasteiger partial charge on any atom is 0.349 e. The molecule has 138 valence electrons. The van der Waals surface area contributed by atoms with Crippen molar-refractivity contribution in [2.45, 2.75) is 32.7 Å². The smallest absolute Gasteiger partial charge is 0.349 e. The summed E-state index contributed by atoms with van der Waals surface area (Å²) in [4.78, 5) is 27.3. The summed E-state index contributed by atoms with van der Waals surface area (Å²) in [5.41, 5.74) is 1.81. The highest BCUT2D eigenvalue weighted by Gasteiger charge is 2.32. The molecule has 0 aliphatic carbocycles. The molecular weight excluding hydrogens is 342 g/mol. The maximum absolute atomic E-state index is 13.1. The monoisotopic (exact) mass is 363 g/mol. The molecule has 0 saturated carbocycles. The van der Waals surface area contributed by atoms with Crippen molar-refractivity contribution >= 4 is 22.6 Å². The number of nitrogens with zero attached hydrogens (tertiary/aromatic N) is 1. The van der Waals surface area contributed by atoms with Crippen molar-refractivity contribution in [1.82, 2.24) is 0 Å². The molecule has 1 aliphatic rings. The first-order chi connectivity index (χ1) is 13.1. The van der Waals surface area contributed by atoms with E-state index in [2.05, 4.69) is 0 Å². The van der Waals surface area contributed by atoms with Crippen molar-refractivity contribution in [3.05, 3.63) is 70.1 Å². The summed E-state index contributed by atoms with van der Waals surface area (Å²) in [6.45, 7) is 4.60. The Balaban J connectivity index is 1.72. The van der Waals surface area contributed by atoms with Gasteiger partial charge in [-0.1, -0.05) is 25.1 Å². The van der Waals surface area contributed by atoms with Gasteiger partial charge in [0, 0.05) is 23.2 Å². The first kappa shape index (κ1) is 17.3. The van der Waals surface area contributed by atoms with E-state index in [9.17, 15) is 9.59 Å². The topological polar surface area (TPSA) is 59.8 Å². The van der Waals surface area contributed by atoms with Gasteiger partial charge >= 0.3 is 5.63 Å². The van der Waals surface area contributed by atoms with Gasteiger partial charge in [-0.25, -0.2) is 4.79 Å². The first-order valence-corrected chi connectivity index (χ1v) is 9.20. The van der Waals surface area contributed by atoms with E-state index < -0.39 is 5.63 Å². The molecule has 2 aromatic carbocycles. The van der Waals surface area contributed by atoms with Crippen molar-refractivity contribution in [1.29, 1.82) is 0 Å². The van der Waals surface area contributed by atoms with E-state index in [1.54, 1.807) is 23.1 Å². The molecule has 1 aliphatic heterocycles. The second-order valence-corrected chi connectivity index (χ2v) is 6.85. The molecule has 3 aromatic rings. The minimum absolute atomic E-state index is 0.00480. The third-order valence-corrected chi connectivity index (χ3v) is 4.84. The van der Waals surface area contributed by atoms with Gasteiger partial charge in [-0.15, -0.1) is 0 Å². The highest BCUT2D eigenvalue weighted by atomic mass is 16.5. The maximum atomic E-state index is 13.1. The lowest BCUT2D eigenvalue weighted by Gasteiger charge is -2.22. The molecule has 0 bridgehead atoms. The zero-order valence-electron chi connectivity index (χ0n) is 15.4. The van der Waals surface area contributed by atoms with Crippen molar-refractivity contribution in [2.24, 2.45) is 0 Å². The van der Waals surface area contributed by atoms with E-state index in [4.69, 9.17) is 9.15 Å². The van der Waals surface area contributed by atoms with E-state index >= 15 is 0 Å². The molecule has 2 heterocycles. The number of hydrogen-bond acceptors (Lipinski definition) is 4. The second kappa shape index (κ2) is 6.91. The Morgan fingerprint density at radius 3 is 2.85 bits per heavy atom. The van der Waals surface area contributed by atoms with Gasteiger partial charge < -0.3 is 14.1 Å². The molecule has 0 N–H and O–H groups in total. The number of carbonyl (C=O) groups is 1. The average Bonchev–Trinajstić information content (AvgIpc) is 3.00. The summed E-state index contributed by atoms with van der Waals surface area (Å²) in [6, 6.07) is 14.7. The first-order valence-electron chi connectivity index (χ1n) is 9.20. The van der Waals surface area contributed by atoms with Gasteiger partial charge in [-0.05, 0) is 49.6 Å². The lowest BCUT2D eigenvalue weighted by Crippen LogP contribution is -2.38. The Labute approximate surface area is 157 Å². The molecular formula is C22H21NO4. The summed E-state index contributed by atoms with van der Waals surface area (Å²) in [5, 5.41) is 0.696. The van der Waals surface area contributed by atoms with E-state index in [1.807, 2.05) is 44.2 Å². The summed E-state index contributed by atoms with van der Waals surface area (Å²) < 4.78 is 11.0. The van der Waals surface area contributed by atoms with Crippen LogP contribution in [-0.2, 0) is 6.42 Å². The highest BCUT2D eigenvalue weighted by molar-refractivity contribution is 6.08. The van der Waals surface area contributed by atoms with Crippen LogP contribution in [0.15, 0.2) is 57.7 Å². The van der Waals surface area contributed by atoms with Gasteiger partial charge in [0.15, 0.2) is 0 Å². The Morgan fingerprint density at radius 2 is 2.04 bits per heavy atom. The Morgan fingerprint density at radius 1 is 1.22 bits per heavy atom. The Kier molecular flexibility index (Phi) is 4.44. The molecule has 4 rings (SSSR count). The number of fused-ring (bicyclic) bond motifs is 2. The van der Waals surface area contributed by atoms with Crippen LogP contribution < -0.4 is 15.3 Å². The zero-order valence-corrected chi connectivity index (χ0v) is 15.4. The summed E-state index contributed by atoms with van der Waals surface area (Å²) in [6.07, 6.45) is 1.67. The number of ether oxygens (including phenoxy) is 1. The van der Waals surface area contributed by atoms with Crippen LogP contribution in [0.3, 0.4) is 0 Å². The van der Waals surface area contributed by atoms with Crippen LogP contribution in [0.2, 0.25) is 0 Å². The molecule has 5 nitrogen and oxygen atoms in total. The van der Waals surface area contributed by atoms with Crippen molar-refractivity contribution in [3.8, 4) is 5.75 Å². The minimum atomic E-state index is -0.628. The standard InChI is InChI=1S/C22H21NO4/c1-3-10-26-17-9-8-16-12-18(22(25)27-20(16)13-17)21(24)23-14(2)11-15-6-4-5-7-19(15)23/h4-9,12-14H,3,10-11H2,1-2H3. The van der Waals surface area contributed by atoms with Crippen LogP contribution in [0.4, 0.5) is 5.69 Å². The molecule has 0 radical (unpaired) electrons. The minimum Gasteiger partial charge on any atom is -0.493 e. The van der Waals surface area contributed by atoms with E-state index in [1.165, 1.54) is 0 Å². The fourth-order valence-corrected chi connectivity index (χ4v) is 3.56. The predicted octanol–water partition coefficient (Wildman–Crippen LogP) is 4.17. The SMILES string of the molecule is CCCOc1ccc2cc(C(=O)N3c4ccccc4CC3C)c(=O)oc2c1. The fourth-order valence-electron chi connectivity index (χ4n) is 3.56. The molecule has 0 saturated heterocycles. The van der Waals surface area contributed by atoms with Gasteiger partial charge in [0.2, 0.25) is 0 Å². The van der Waals surface area contributed by atoms with Crippen LogP contribution in [0.1, 0.15) is 36.2 Å². The van der Waals surface area contributed by atoms with Crippen LogP contribution in [0.25, 0.3) is 11.0 Å². The Bertz CT molecular complexity index is 1070. The largest absolute Gasteiger partial charge is 0.493 e. The summed E-state index contributed by atoms with van der Waals surface area (Å²) in [7, 11) is 0. The van der Waals surface area contributed by atoms with Gasteiger partial charge in [-0.3, -0.25) is 4.79 Å². The number of anilines is 1. The molecule has 0 spiro atoms. The fraction of sp³-hybridized carbons (Fsp3) is 0.273. The lowest BCUT2D eigenvalue weighted by molar-refractivity contribution is 0.0978. The molecule has 0 fully saturated rings. The highest BCUT2D eigenvalue weighted by Crippen LogP contribution is 2.33. The zero-order chi connectivity index (χ0) is 19.0. The summed E-state index contributed by atoms with van der Waals surface area (Å²) >= 11 is 0. The van der Waals surface area contributed by atoms with Crippen LogP contribution in [0.5, 0.6) is 5.75 Å². The number of para-hydroxylation sites is 1. The average molecular weight is 363 g/mol. The third-order valence-electron chi connectivity index (χ3n) is 4.84. The molecule has 1 unspecified atom stereocenters. The molecule has 5 heteroatoms. The van der Waals surface area contributed by atoms with Crippen LogP contribution >= 0.6 is 0 Å². The molecule has 1 aromatic heterocycles. The van der Waals surface area contributed by atoms with Crippen molar-refractivity contribution in [3.63, 3.8) is 0 Å². The van der Waals surface area contributed by atoms with Gasteiger partial charge in [0.1, 0.15) is 16.9 Å². The van der Waals surface area contributed by atoms with E-state index in [0.29, 0.717) is 23.3 Å². The van der Waals surface area contributed by atoms with E-state index in [-0.39, 0.29) is 17.5 Å². The number of amides is 1. The number of benzene rings is 2. The van der Waals surface area contributed by atoms with E-state index in [0.717, 1.165) is 24.1 Å². The quantitative estimate of drug-likeness (QED) is 0.653. The van der Waals surface area contributed by atoms with Gasteiger partial charge in [0.25, 0.3) is 5.91 Å². The second-order valence-electron chi connectivity index (χ2n) is 6.85. The number of hydrogen-bond donors (Lipinski definition) is 0. The predicted molar refractivity (Wildman–Crippen MR) is 105 cm³/mol. The Hall–Kier alpha value is -3.08. The van der Waals surface area contributed by atoms with Crippen molar-refractivity contribution < 1.29 is 13.9 Å². The number of rotatable bonds is 4. The third kappa shape index (κ3) is 3.10. The van der Waals surface area contributed by atoms with Crippen LogP contribution in [-0.4, -0.2) is 18.6 Å². The molecule has 27 heavy (non-hydrogen) atoms. The van der Waals surface area contributed by atoms with Crippen LogP contribution in [0, 0.1) is 0 Å². The van der Waals surface area contributed by atoms with Crippen molar-refractivity contribution in [2.75, 3.05) is 11.5 Å². The normalized spacial score (nSPS) is 15.8. The van der Waals surface area contributed by atoms with Gasteiger partial charge in [-0.2, -0.15) is 0 Å². The molecule has 1 amide bonds. The lowest BCUT2D eigenvalue weighted by atomic mass is 10.1. The summed E-state index contributed by atoms with van der Waals surface area (Å²) in [5.74, 6) is 0.322. The van der Waals surface area contributed by atoms with Gasteiger partial charge in [0.05, 0.1) is 6.61 Å². The molecule has 1 atom stereocenters. The number of carbonyl (C=O) groups excluding carboxylic acids is 1.